The van der Waals surface area contributed by atoms with Crippen molar-refractivity contribution in [1.29, 1.82) is 0 Å². The highest BCUT2D eigenvalue weighted by molar-refractivity contribution is 9.11. The SMILES string of the molecule is CC1(C)OB(c2cc(Br)c(O)c(Br)c2)OC1(C)C. The number of hydrogen-bond acceptors (Lipinski definition) is 3. The van der Waals surface area contributed by atoms with Gasteiger partial charge in [-0.2, -0.15) is 0 Å². The third kappa shape index (κ3) is 2.35. The minimum absolute atomic E-state index is 0.176. The van der Waals surface area contributed by atoms with Crippen LogP contribution in [0.15, 0.2) is 21.1 Å². The van der Waals surface area contributed by atoms with Crippen molar-refractivity contribution in [3.63, 3.8) is 0 Å². The monoisotopic (exact) mass is 376 g/mol. The van der Waals surface area contributed by atoms with E-state index in [1.165, 1.54) is 0 Å². The zero-order valence-electron chi connectivity index (χ0n) is 10.8. The van der Waals surface area contributed by atoms with Gasteiger partial charge in [-0.15, -0.1) is 0 Å². The Morgan fingerprint density at radius 2 is 1.39 bits per heavy atom. The van der Waals surface area contributed by atoms with Crippen LogP contribution in [0, 0.1) is 0 Å². The fourth-order valence-electron chi connectivity index (χ4n) is 1.70. The smallest absolute Gasteiger partial charge is 0.494 e. The molecule has 18 heavy (non-hydrogen) atoms. The summed E-state index contributed by atoms with van der Waals surface area (Å²) in [5.74, 6) is 0.176. The van der Waals surface area contributed by atoms with Crippen LogP contribution >= 0.6 is 31.9 Å². The van der Waals surface area contributed by atoms with Crippen molar-refractivity contribution in [3.8, 4) is 5.75 Å². The molecular formula is C12H15BBr2O3. The molecule has 0 aliphatic carbocycles. The first kappa shape index (κ1) is 14.4. The molecule has 1 aromatic carbocycles. The summed E-state index contributed by atoms with van der Waals surface area (Å²) in [5.41, 5.74) is 0.133. The van der Waals surface area contributed by atoms with Crippen LogP contribution in [0.5, 0.6) is 5.75 Å². The number of halogens is 2. The molecule has 98 valence electrons. The number of hydrogen-bond donors (Lipinski definition) is 1. The first-order valence-corrected chi connectivity index (χ1v) is 7.26. The highest BCUT2D eigenvalue weighted by Gasteiger charge is 2.51. The Kier molecular flexibility index (Phi) is 3.60. The molecule has 0 amide bonds. The van der Waals surface area contributed by atoms with Gasteiger partial charge in [-0.25, -0.2) is 0 Å². The van der Waals surface area contributed by atoms with Gasteiger partial charge >= 0.3 is 7.12 Å². The van der Waals surface area contributed by atoms with Crippen molar-refractivity contribution < 1.29 is 14.4 Å². The second-order valence-electron chi connectivity index (χ2n) is 5.42. The average molecular weight is 378 g/mol. The van der Waals surface area contributed by atoms with E-state index >= 15 is 0 Å². The molecule has 0 aromatic heterocycles. The zero-order chi connectivity index (χ0) is 13.7. The molecular weight excluding hydrogens is 363 g/mol. The third-order valence-corrected chi connectivity index (χ3v) is 4.77. The summed E-state index contributed by atoms with van der Waals surface area (Å²) in [7, 11) is -0.428. The summed E-state index contributed by atoms with van der Waals surface area (Å²) >= 11 is 6.62. The quantitative estimate of drug-likeness (QED) is 0.764. The maximum Gasteiger partial charge on any atom is 0.494 e. The molecule has 2 rings (SSSR count). The predicted molar refractivity (Wildman–Crippen MR) is 79.2 cm³/mol. The maximum atomic E-state index is 9.70. The number of rotatable bonds is 1. The third-order valence-electron chi connectivity index (χ3n) is 3.56. The molecule has 0 unspecified atom stereocenters. The minimum atomic E-state index is -0.428. The highest BCUT2D eigenvalue weighted by Crippen LogP contribution is 2.38. The van der Waals surface area contributed by atoms with Crippen LogP contribution in [0.25, 0.3) is 0 Å². The van der Waals surface area contributed by atoms with E-state index in [-0.39, 0.29) is 17.0 Å². The molecule has 1 fully saturated rings. The van der Waals surface area contributed by atoms with Crippen LogP contribution < -0.4 is 5.46 Å². The summed E-state index contributed by atoms with van der Waals surface area (Å²) in [5, 5.41) is 9.70. The number of phenolic OH excluding ortho intramolecular Hbond substituents is 1. The minimum Gasteiger partial charge on any atom is -0.506 e. The molecule has 3 nitrogen and oxygen atoms in total. The van der Waals surface area contributed by atoms with E-state index in [4.69, 9.17) is 9.31 Å². The van der Waals surface area contributed by atoms with Crippen molar-refractivity contribution in [2.45, 2.75) is 38.9 Å². The van der Waals surface area contributed by atoms with Gasteiger partial charge in [-0.05, 0) is 77.2 Å². The van der Waals surface area contributed by atoms with Gasteiger partial charge in [0, 0.05) is 0 Å². The lowest BCUT2D eigenvalue weighted by atomic mass is 9.79. The summed E-state index contributed by atoms with van der Waals surface area (Å²) < 4.78 is 13.1. The standard InChI is InChI=1S/C12H15BBr2O3/c1-11(2)12(3,4)18-13(17-11)7-5-8(14)10(16)9(15)6-7/h5-6,16H,1-4H3. The second kappa shape index (κ2) is 4.51. The first-order valence-electron chi connectivity index (χ1n) is 5.67. The number of phenols is 1. The fraction of sp³-hybridized carbons (Fsp3) is 0.500. The van der Waals surface area contributed by atoms with Crippen LogP contribution in [0.4, 0.5) is 0 Å². The summed E-state index contributed by atoms with van der Waals surface area (Å²) in [6.07, 6.45) is 0. The van der Waals surface area contributed by atoms with Gasteiger partial charge in [0.1, 0.15) is 5.75 Å². The number of aromatic hydroxyl groups is 1. The van der Waals surface area contributed by atoms with E-state index < -0.39 is 7.12 Å². The van der Waals surface area contributed by atoms with Gasteiger partial charge < -0.3 is 14.4 Å². The van der Waals surface area contributed by atoms with Crippen LogP contribution in [0.1, 0.15) is 27.7 Å². The summed E-state index contributed by atoms with van der Waals surface area (Å²) in [6, 6.07) is 3.62. The van der Waals surface area contributed by atoms with E-state index in [9.17, 15) is 5.11 Å². The maximum absolute atomic E-state index is 9.70. The van der Waals surface area contributed by atoms with E-state index in [2.05, 4.69) is 31.9 Å². The molecule has 0 bridgehead atoms. The van der Waals surface area contributed by atoms with Gasteiger partial charge in [-0.1, -0.05) is 0 Å². The number of benzene rings is 1. The topological polar surface area (TPSA) is 38.7 Å². The molecule has 1 N–H and O–H groups in total. The lowest BCUT2D eigenvalue weighted by Crippen LogP contribution is -2.41. The van der Waals surface area contributed by atoms with Gasteiger partial charge in [0.2, 0.25) is 0 Å². The molecule has 1 aliphatic heterocycles. The molecule has 1 aromatic rings. The van der Waals surface area contributed by atoms with Gasteiger partial charge in [0.05, 0.1) is 20.1 Å². The molecule has 1 aliphatic rings. The van der Waals surface area contributed by atoms with Crippen molar-refractivity contribution in [2.75, 3.05) is 0 Å². The average Bonchev–Trinajstić information content (AvgIpc) is 2.44. The lowest BCUT2D eigenvalue weighted by molar-refractivity contribution is 0.00578. The van der Waals surface area contributed by atoms with E-state index in [1.807, 2.05) is 39.8 Å². The largest absolute Gasteiger partial charge is 0.506 e. The normalized spacial score (nSPS) is 21.3. The van der Waals surface area contributed by atoms with Crippen LogP contribution in [0.2, 0.25) is 0 Å². The predicted octanol–water partition coefficient (Wildman–Crippen LogP) is 3.22. The van der Waals surface area contributed by atoms with Crippen LogP contribution in [-0.4, -0.2) is 23.4 Å². The summed E-state index contributed by atoms with van der Waals surface area (Å²) in [4.78, 5) is 0. The Balaban J connectivity index is 2.36. The van der Waals surface area contributed by atoms with Crippen molar-refractivity contribution in [1.82, 2.24) is 0 Å². The van der Waals surface area contributed by atoms with Gasteiger partial charge in [0.15, 0.2) is 0 Å². The summed E-state index contributed by atoms with van der Waals surface area (Å²) in [6.45, 7) is 8.05. The Hall–Kier alpha value is -0.0351. The molecule has 0 radical (unpaired) electrons. The second-order valence-corrected chi connectivity index (χ2v) is 7.13. The van der Waals surface area contributed by atoms with E-state index in [1.54, 1.807) is 0 Å². The lowest BCUT2D eigenvalue weighted by Gasteiger charge is -2.32. The zero-order valence-corrected chi connectivity index (χ0v) is 13.9. The molecule has 0 spiro atoms. The first-order chi connectivity index (χ1) is 8.14. The molecule has 6 heteroatoms. The van der Waals surface area contributed by atoms with E-state index in [0.29, 0.717) is 8.95 Å². The van der Waals surface area contributed by atoms with Crippen LogP contribution in [0.3, 0.4) is 0 Å². The Morgan fingerprint density at radius 3 is 1.78 bits per heavy atom. The van der Waals surface area contributed by atoms with Crippen molar-refractivity contribution >= 4 is 44.4 Å². The Morgan fingerprint density at radius 1 is 1.00 bits per heavy atom. The highest BCUT2D eigenvalue weighted by atomic mass is 79.9. The molecule has 1 saturated heterocycles. The fourth-order valence-corrected chi connectivity index (χ4v) is 2.92. The Bertz CT molecular complexity index is 449. The van der Waals surface area contributed by atoms with Crippen molar-refractivity contribution in [3.05, 3.63) is 21.1 Å². The van der Waals surface area contributed by atoms with Gasteiger partial charge in [-0.3, -0.25) is 0 Å². The molecule has 0 saturated carbocycles. The van der Waals surface area contributed by atoms with Crippen molar-refractivity contribution in [2.24, 2.45) is 0 Å². The molecule has 1 heterocycles. The van der Waals surface area contributed by atoms with E-state index in [0.717, 1.165) is 5.46 Å². The van der Waals surface area contributed by atoms with Crippen LogP contribution in [-0.2, 0) is 9.31 Å². The van der Waals surface area contributed by atoms with Gasteiger partial charge in [0.25, 0.3) is 0 Å². The Labute approximate surface area is 124 Å². The molecule has 0 atom stereocenters.